The van der Waals surface area contributed by atoms with Gasteiger partial charge >= 0.3 is 0 Å². The van der Waals surface area contributed by atoms with Gasteiger partial charge in [-0.1, -0.05) is 31.2 Å². The third-order valence-electron chi connectivity index (χ3n) is 5.22. The monoisotopic (exact) mass is 418 g/mol. The Kier molecular flexibility index (Phi) is 7.03. The van der Waals surface area contributed by atoms with E-state index in [9.17, 15) is 17.6 Å². The lowest BCUT2D eigenvalue weighted by Crippen LogP contribution is -2.37. The van der Waals surface area contributed by atoms with Crippen LogP contribution in [-0.2, 0) is 21.2 Å². The van der Waals surface area contributed by atoms with Gasteiger partial charge in [0, 0.05) is 19.5 Å². The van der Waals surface area contributed by atoms with Crippen molar-refractivity contribution >= 4 is 15.9 Å². The minimum atomic E-state index is -3.77. The number of sulfonamides is 1. The maximum Gasteiger partial charge on any atom is 0.243 e. The van der Waals surface area contributed by atoms with Crippen LogP contribution in [-0.4, -0.2) is 31.7 Å². The van der Waals surface area contributed by atoms with Gasteiger partial charge in [0.15, 0.2) is 0 Å². The molecule has 0 radical (unpaired) electrons. The predicted molar refractivity (Wildman–Crippen MR) is 110 cm³/mol. The molecule has 0 aliphatic heterocycles. The average molecular weight is 419 g/mol. The molecular formula is C22H27FN2O3S. The van der Waals surface area contributed by atoms with Gasteiger partial charge in [-0.2, -0.15) is 4.31 Å². The number of nitrogens with zero attached hydrogens (tertiary/aromatic N) is 1. The maximum absolute atomic E-state index is 13.1. The Balaban J connectivity index is 1.65. The zero-order chi connectivity index (χ0) is 20.9. The van der Waals surface area contributed by atoms with Crippen molar-refractivity contribution in [1.82, 2.24) is 9.62 Å². The van der Waals surface area contributed by atoms with E-state index in [1.165, 1.54) is 22.0 Å². The fraction of sp³-hybridized carbons (Fsp3) is 0.409. The number of benzene rings is 2. The van der Waals surface area contributed by atoms with Gasteiger partial charge in [-0.3, -0.25) is 4.79 Å². The first kappa shape index (κ1) is 21.5. The second-order valence-corrected chi connectivity index (χ2v) is 9.26. The minimum absolute atomic E-state index is 0.0271. The van der Waals surface area contributed by atoms with E-state index in [0.717, 1.165) is 37.0 Å². The van der Waals surface area contributed by atoms with Gasteiger partial charge in [0.1, 0.15) is 5.82 Å². The molecule has 1 aliphatic carbocycles. The SMILES string of the molecule is CCCN(CCC(=O)NC1CCCc2ccccc21)S(=O)(=O)c1ccc(F)cc1. The molecule has 29 heavy (non-hydrogen) atoms. The summed E-state index contributed by atoms with van der Waals surface area (Å²) in [6.07, 6.45) is 3.62. The highest BCUT2D eigenvalue weighted by atomic mass is 32.2. The van der Waals surface area contributed by atoms with Crippen molar-refractivity contribution < 1.29 is 17.6 Å². The highest BCUT2D eigenvalue weighted by molar-refractivity contribution is 7.89. The van der Waals surface area contributed by atoms with E-state index in [1.54, 1.807) is 0 Å². The summed E-state index contributed by atoms with van der Waals surface area (Å²) in [5, 5.41) is 3.06. The smallest absolute Gasteiger partial charge is 0.243 e. The molecule has 0 spiro atoms. The molecule has 0 aromatic heterocycles. The lowest BCUT2D eigenvalue weighted by molar-refractivity contribution is -0.122. The molecule has 0 fully saturated rings. The van der Waals surface area contributed by atoms with Gasteiger partial charge in [0.2, 0.25) is 15.9 Å². The number of aryl methyl sites for hydroxylation is 1. The van der Waals surface area contributed by atoms with E-state index in [0.29, 0.717) is 13.0 Å². The summed E-state index contributed by atoms with van der Waals surface area (Å²) in [6, 6.07) is 12.9. The van der Waals surface area contributed by atoms with E-state index in [2.05, 4.69) is 11.4 Å². The Bertz CT molecular complexity index is 945. The van der Waals surface area contributed by atoms with Gasteiger partial charge in [0.05, 0.1) is 10.9 Å². The van der Waals surface area contributed by atoms with Crippen molar-refractivity contribution in [2.45, 2.75) is 50.0 Å². The Labute approximate surface area is 172 Å². The summed E-state index contributed by atoms with van der Waals surface area (Å²) in [7, 11) is -3.77. The zero-order valence-electron chi connectivity index (χ0n) is 16.6. The minimum Gasteiger partial charge on any atom is -0.349 e. The zero-order valence-corrected chi connectivity index (χ0v) is 17.4. The lowest BCUT2D eigenvalue weighted by Gasteiger charge is -2.27. The summed E-state index contributed by atoms with van der Waals surface area (Å²) < 4.78 is 40.2. The van der Waals surface area contributed by atoms with Crippen molar-refractivity contribution in [3.05, 3.63) is 65.5 Å². The molecule has 5 nitrogen and oxygen atoms in total. The molecule has 1 unspecified atom stereocenters. The van der Waals surface area contributed by atoms with Crippen LogP contribution in [0.1, 0.15) is 49.8 Å². The molecular weight excluding hydrogens is 391 g/mol. The third kappa shape index (κ3) is 5.22. The van der Waals surface area contributed by atoms with E-state index < -0.39 is 15.8 Å². The van der Waals surface area contributed by atoms with Crippen molar-refractivity contribution in [3.63, 3.8) is 0 Å². The molecule has 3 rings (SSSR count). The van der Waals surface area contributed by atoms with E-state index in [4.69, 9.17) is 0 Å². The molecule has 0 bridgehead atoms. The lowest BCUT2D eigenvalue weighted by atomic mass is 9.88. The first-order chi connectivity index (χ1) is 13.9. The molecule has 1 amide bonds. The summed E-state index contributed by atoms with van der Waals surface area (Å²) in [6.45, 7) is 2.28. The van der Waals surface area contributed by atoms with Crippen molar-refractivity contribution in [2.24, 2.45) is 0 Å². The number of carbonyl (C=O) groups is 1. The summed E-state index contributed by atoms with van der Waals surface area (Å²) in [5.74, 6) is -0.653. The van der Waals surface area contributed by atoms with Gasteiger partial charge in [-0.05, 0) is 61.1 Å². The van der Waals surface area contributed by atoms with Gasteiger partial charge in [-0.15, -0.1) is 0 Å². The third-order valence-corrected chi connectivity index (χ3v) is 7.13. The maximum atomic E-state index is 13.1. The van der Waals surface area contributed by atoms with Crippen molar-refractivity contribution in [3.8, 4) is 0 Å². The standard InChI is InChI=1S/C22H27FN2O3S/c1-2-15-25(29(27,28)19-12-10-18(23)11-13-19)16-14-22(26)24-21-9-5-7-17-6-3-4-8-20(17)21/h3-4,6,8,10-13,21H,2,5,7,9,14-16H2,1H3,(H,24,26). The molecule has 1 N–H and O–H groups in total. The van der Waals surface area contributed by atoms with Crippen LogP contribution in [0, 0.1) is 5.82 Å². The average Bonchev–Trinajstić information content (AvgIpc) is 2.71. The topological polar surface area (TPSA) is 66.5 Å². The number of amides is 1. The van der Waals surface area contributed by atoms with Gasteiger partial charge in [0.25, 0.3) is 0 Å². The van der Waals surface area contributed by atoms with Crippen LogP contribution in [0.2, 0.25) is 0 Å². The van der Waals surface area contributed by atoms with E-state index in [-0.39, 0.29) is 29.8 Å². The van der Waals surface area contributed by atoms with Crippen LogP contribution in [0.3, 0.4) is 0 Å². The molecule has 0 heterocycles. The molecule has 156 valence electrons. The van der Waals surface area contributed by atoms with Gasteiger partial charge < -0.3 is 5.32 Å². The molecule has 1 atom stereocenters. The number of nitrogens with one attached hydrogen (secondary N) is 1. The number of carbonyl (C=O) groups excluding carboxylic acids is 1. The normalized spacial score (nSPS) is 16.4. The number of halogens is 1. The molecule has 0 saturated carbocycles. The second-order valence-electron chi connectivity index (χ2n) is 7.32. The molecule has 0 saturated heterocycles. The van der Waals surface area contributed by atoms with Gasteiger partial charge in [-0.25, -0.2) is 12.8 Å². The number of fused-ring (bicyclic) bond motifs is 1. The summed E-state index contributed by atoms with van der Waals surface area (Å²) >= 11 is 0. The molecule has 7 heteroatoms. The van der Waals surface area contributed by atoms with Crippen molar-refractivity contribution in [1.29, 1.82) is 0 Å². The van der Waals surface area contributed by atoms with Crippen LogP contribution in [0.5, 0.6) is 0 Å². The Morgan fingerprint density at radius 3 is 2.59 bits per heavy atom. The fourth-order valence-corrected chi connectivity index (χ4v) is 5.29. The molecule has 2 aromatic rings. The highest BCUT2D eigenvalue weighted by Crippen LogP contribution is 2.29. The van der Waals surface area contributed by atoms with Crippen molar-refractivity contribution in [2.75, 3.05) is 13.1 Å². The Morgan fingerprint density at radius 1 is 1.14 bits per heavy atom. The Hall–Kier alpha value is -2.25. The first-order valence-corrected chi connectivity index (χ1v) is 11.5. The fourth-order valence-electron chi connectivity index (χ4n) is 3.75. The second kappa shape index (κ2) is 9.50. The predicted octanol–water partition coefficient (Wildman–Crippen LogP) is 3.81. The number of rotatable bonds is 8. The van der Waals surface area contributed by atoms with E-state index >= 15 is 0 Å². The summed E-state index contributed by atoms with van der Waals surface area (Å²) in [5.41, 5.74) is 2.41. The van der Waals surface area contributed by atoms with Crippen LogP contribution < -0.4 is 5.32 Å². The first-order valence-electron chi connectivity index (χ1n) is 10.0. The number of hydrogen-bond acceptors (Lipinski definition) is 3. The van der Waals surface area contributed by atoms with Crippen LogP contribution >= 0.6 is 0 Å². The highest BCUT2D eigenvalue weighted by Gasteiger charge is 2.26. The van der Waals surface area contributed by atoms with Crippen LogP contribution in [0.4, 0.5) is 4.39 Å². The number of hydrogen-bond donors (Lipinski definition) is 1. The molecule has 2 aromatic carbocycles. The molecule has 1 aliphatic rings. The van der Waals surface area contributed by atoms with Crippen LogP contribution in [0.25, 0.3) is 0 Å². The Morgan fingerprint density at radius 2 is 1.86 bits per heavy atom. The largest absolute Gasteiger partial charge is 0.349 e. The summed E-state index contributed by atoms with van der Waals surface area (Å²) in [4.78, 5) is 12.6. The van der Waals surface area contributed by atoms with Crippen LogP contribution in [0.15, 0.2) is 53.4 Å². The quantitative estimate of drug-likeness (QED) is 0.709. The van der Waals surface area contributed by atoms with E-state index in [1.807, 2.05) is 25.1 Å².